The molecule has 0 bridgehead atoms. The van der Waals surface area contributed by atoms with Crippen molar-refractivity contribution in [1.82, 2.24) is 0 Å². The molecule has 0 saturated heterocycles. The number of ether oxygens (including phenoxy) is 1. The SMILES string of the molecule is CCC[C@@H]1C=C(C=O)OC1. The minimum absolute atomic E-state index is 0.477. The third-order valence-corrected chi connectivity index (χ3v) is 1.64. The normalized spacial score (nSPS) is 23.7. The van der Waals surface area contributed by atoms with Crippen LogP contribution in [0.4, 0.5) is 0 Å². The van der Waals surface area contributed by atoms with Gasteiger partial charge in [-0.2, -0.15) is 0 Å². The van der Waals surface area contributed by atoms with Gasteiger partial charge in [-0.1, -0.05) is 13.3 Å². The van der Waals surface area contributed by atoms with Gasteiger partial charge in [-0.3, -0.25) is 4.79 Å². The fraction of sp³-hybridized carbons (Fsp3) is 0.625. The van der Waals surface area contributed by atoms with Crippen molar-refractivity contribution in [2.75, 3.05) is 6.61 Å². The highest BCUT2D eigenvalue weighted by Crippen LogP contribution is 2.18. The summed E-state index contributed by atoms with van der Waals surface area (Å²) in [5.74, 6) is 0.989. The van der Waals surface area contributed by atoms with Gasteiger partial charge in [0.25, 0.3) is 0 Å². The molecule has 0 amide bonds. The van der Waals surface area contributed by atoms with Crippen LogP contribution in [0.15, 0.2) is 11.8 Å². The highest BCUT2D eigenvalue weighted by Gasteiger charge is 2.14. The summed E-state index contributed by atoms with van der Waals surface area (Å²) < 4.78 is 5.06. The largest absolute Gasteiger partial charge is 0.490 e. The van der Waals surface area contributed by atoms with Crippen molar-refractivity contribution < 1.29 is 9.53 Å². The first-order chi connectivity index (χ1) is 4.86. The van der Waals surface area contributed by atoms with Crippen LogP contribution in [0.2, 0.25) is 0 Å². The molecule has 10 heavy (non-hydrogen) atoms. The third-order valence-electron chi connectivity index (χ3n) is 1.64. The number of allylic oxidation sites excluding steroid dienone is 1. The van der Waals surface area contributed by atoms with Crippen molar-refractivity contribution in [1.29, 1.82) is 0 Å². The topological polar surface area (TPSA) is 26.3 Å². The van der Waals surface area contributed by atoms with Crippen LogP contribution in [0.1, 0.15) is 19.8 Å². The van der Waals surface area contributed by atoms with Crippen LogP contribution in [-0.2, 0) is 9.53 Å². The van der Waals surface area contributed by atoms with E-state index in [-0.39, 0.29) is 0 Å². The molecule has 2 heteroatoms. The maximum absolute atomic E-state index is 10.2. The lowest BCUT2D eigenvalue weighted by atomic mass is 10.1. The summed E-state index contributed by atoms with van der Waals surface area (Å²) in [6, 6.07) is 0. The monoisotopic (exact) mass is 140 g/mol. The van der Waals surface area contributed by atoms with Crippen molar-refractivity contribution >= 4 is 6.29 Å². The summed E-state index contributed by atoms with van der Waals surface area (Å²) in [6.45, 7) is 2.83. The number of aldehydes is 1. The van der Waals surface area contributed by atoms with Crippen LogP contribution < -0.4 is 0 Å². The zero-order chi connectivity index (χ0) is 7.40. The smallest absolute Gasteiger partial charge is 0.184 e. The molecule has 0 aliphatic carbocycles. The molecule has 0 unspecified atom stereocenters. The van der Waals surface area contributed by atoms with Crippen molar-refractivity contribution in [3.63, 3.8) is 0 Å². The molecular weight excluding hydrogens is 128 g/mol. The van der Waals surface area contributed by atoms with E-state index in [2.05, 4.69) is 6.92 Å². The second-order valence-electron chi connectivity index (χ2n) is 2.55. The molecule has 0 aromatic rings. The quantitative estimate of drug-likeness (QED) is 0.555. The van der Waals surface area contributed by atoms with Crippen molar-refractivity contribution in [2.24, 2.45) is 5.92 Å². The van der Waals surface area contributed by atoms with Crippen LogP contribution in [0.5, 0.6) is 0 Å². The second-order valence-corrected chi connectivity index (χ2v) is 2.55. The Morgan fingerprint density at radius 3 is 3.20 bits per heavy atom. The van der Waals surface area contributed by atoms with Crippen molar-refractivity contribution in [3.05, 3.63) is 11.8 Å². The van der Waals surface area contributed by atoms with Crippen molar-refractivity contribution in [2.45, 2.75) is 19.8 Å². The Morgan fingerprint density at radius 1 is 1.90 bits per heavy atom. The predicted octanol–water partition coefficient (Wildman–Crippen LogP) is 1.52. The number of rotatable bonds is 3. The first-order valence-corrected chi connectivity index (χ1v) is 3.66. The van der Waals surface area contributed by atoms with Crippen molar-refractivity contribution in [3.8, 4) is 0 Å². The molecule has 1 aliphatic heterocycles. The van der Waals surface area contributed by atoms with E-state index < -0.39 is 0 Å². The minimum Gasteiger partial charge on any atom is -0.490 e. The molecule has 56 valence electrons. The van der Waals surface area contributed by atoms with E-state index >= 15 is 0 Å². The van der Waals surface area contributed by atoms with E-state index in [1.165, 1.54) is 0 Å². The molecule has 0 aromatic carbocycles. The molecule has 0 N–H and O–H groups in total. The van der Waals surface area contributed by atoms with Gasteiger partial charge in [-0.05, 0) is 12.5 Å². The summed E-state index contributed by atoms with van der Waals surface area (Å²) in [5, 5.41) is 0. The van der Waals surface area contributed by atoms with Gasteiger partial charge in [0.15, 0.2) is 12.0 Å². The van der Waals surface area contributed by atoms with Gasteiger partial charge >= 0.3 is 0 Å². The van der Waals surface area contributed by atoms with Gasteiger partial charge in [-0.25, -0.2) is 0 Å². The lowest BCUT2D eigenvalue weighted by Gasteiger charge is -2.00. The zero-order valence-corrected chi connectivity index (χ0v) is 6.17. The van der Waals surface area contributed by atoms with E-state index in [4.69, 9.17) is 4.74 Å². The molecule has 1 aliphatic rings. The molecule has 0 saturated carbocycles. The van der Waals surface area contributed by atoms with Gasteiger partial charge < -0.3 is 4.74 Å². The summed E-state index contributed by atoms with van der Waals surface area (Å²) in [6.07, 6.45) is 4.96. The molecule has 2 nitrogen and oxygen atoms in total. The molecule has 0 radical (unpaired) electrons. The third kappa shape index (κ3) is 1.59. The average molecular weight is 140 g/mol. The Kier molecular flexibility index (Phi) is 2.49. The molecule has 1 atom stereocenters. The first-order valence-electron chi connectivity index (χ1n) is 3.66. The van der Waals surface area contributed by atoms with E-state index in [0.717, 1.165) is 19.1 Å². The number of hydrogen-bond acceptors (Lipinski definition) is 2. The molecule has 1 heterocycles. The Bertz CT molecular complexity index is 149. The molecule has 0 aromatic heterocycles. The van der Waals surface area contributed by atoms with Crippen LogP contribution in [0, 0.1) is 5.92 Å². The number of carbonyl (C=O) groups excluding carboxylic acids is 1. The fourth-order valence-corrected chi connectivity index (χ4v) is 1.14. The number of hydrogen-bond donors (Lipinski definition) is 0. The summed E-state index contributed by atoms with van der Waals surface area (Å²) in [4.78, 5) is 10.2. The van der Waals surface area contributed by atoms with E-state index in [1.54, 1.807) is 0 Å². The van der Waals surface area contributed by atoms with Gasteiger partial charge in [0.1, 0.15) is 0 Å². The highest BCUT2D eigenvalue weighted by atomic mass is 16.5. The van der Waals surface area contributed by atoms with Crippen LogP contribution in [0.25, 0.3) is 0 Å². The van der Waals surface area contributed by atoms with Gasteiger partial charge in [0.05, 0.1) is 6.61 Å². The molecular formula is C8H12O2. The summed E-state index contributed by atoms with van der Waals surface area (Å²) in [7, 11) is 0. The van der Waals surface area contributed by atoms with Gasteiger partial charge in [-0.15, -0.1) is 0 Å². The Morgan fingerprint density at radius 2 is 2.70 bits per heavy atom. The Labute approximate surface area is 60.9 Å². The van der Waals surface area contributed by atoms with E-state index in [9.17, 15) is 4.79 Å². The molecule has 1 rings (SSSR count). The minimum atomic E-state index is 0.477. The first kappa shape index (κ1) is 7.32. The lowest BCUT2D eigenvalue weighted by Crippen LogP contribution is -1.97. The van der Waals surface area contributed by atoms with E-state index in [0.29, 0.717) is 18.3 Å². The van der Waals surface area contributed by atoms with Gasteiger partial charge in [0.2, 0.25) is 0 Å². The summed E-state index contributed by atoms with van der Waals surface area (Å²) >= 11 is 0. The molecule has 0 spiro atoms. The summed E-state index contributed by atoms with van der Waals surface area (Å²) in [5.41, 5.74) is 0. The Balaban J connectivity index is 2.38. The predicted molar refractivity (Wildman–Crippen MR) is 38.5 cm³/mol. The zero-order valence-electron chi connectivity index (χ0n) is 6.17. The standard InChI is InChI=1S/C8H12O2/c1-2-3-7-4-8(5-9)10-6-7/h4-5,7H,2-3,6H2,1H3/t7-/m1/s1. The number of carbonyl (C=O) groups is 1. The van der Waals surface area contributed by atoms with Gasteiger partial charge in [0, 0.05) is 5.92 Å². The lowest BCUT2D eigenvalue weighted by molar-refractivity contribution is -0.107. The van der Waals surface area contributed by atoms with E-state index in [1.807, 2.05) is 6.08 Å². The van der Waals surface area contributed by atoms with Crippen LogP contribution in [0.3, 0.4) is 0 Å². The maximum atomic E-state index is 10.2. The Hall–Kier alpha value is -0.790. The van der Waals surface area contributed by atoms with Crippen LogP contribution >= 0.6 is 0 Å². The second kappa shape index (κ2) is 3.40. The maximum Gasteiger partial charge on any atom is 0.184 e. The molecule has 0 fully saturated rings. The average Bonchev–Trinajstić information content (AvgIpc) is 2.37. The fourth-order valence-electron chi connectivity index (χ4n) is 1.14. The van der Waals surface area contributed by atoms with Crippen LogP contribution in [-0.4, -0.2) is 12.9 Å². The highest BCUT2D eigenvalue weighted by molar-refractivity contribution is 5.70.